The summed E-state index contributed by atoms with van der Waals surface area (Å²) in [4.78, 5) is 2.40. The van der Waals surface area contributed by atoms with Crippen LogP contribution in [0, 0.1) is 17.2 Å². The Morgan fingerprint density at radius 2 is 2.05 bits per heavy atom. The Bertz CT molecular complexity index is 533. The van der Waals surface area contributed by atoms with Crippen molar-refractivity contribution in [3.63, 3.8) is 0 Å². The van der Waals surface area contributed by atoms with E-state index >= 15 is 0 Å². The lowest BCUT2D eigenvalue weighted by atomic mass is 9.93. The Balaban J connectivity index is 2.40. The predicted molar refractivity (Wildman–Crippen MR) is 87.2 cm³/mol. The Morgan fingerprint density at radius 3 is 2.62 bits per heavy atom. The Labute approximate surface area is 134 Å². The molecule has 1 saturated heterocycles. The molecule has 1 aliphatic rings. The average molecular weight is 352 g/mol. The van der Waals surface area contributed by atoms with Crippen LogP contribution < -0.4 is 5.32 Å². The highest BCUT2D eigenvalue weighted by Gasteiger charge is 2.26. The molecule has 0 bridgehead atoms. The molecule has 1 aliphatic heterocycles. The maximum absolute atomic E-state index is 10.4. The van der Waals surface area contributed by atoms with E-state index in [1.54, 1.807) is 6.07 Å². The fourth-order valence-corrected chi connectivity index (χ4v) is 3.33. The third-order valence-corrected chi connectivity index (χ3v) is 4.47. The molecule has 1 heterocycles. The van der Waals surface area contributed by atoms with Gasteiger partial charge in [-0.15, -0.1) is 0 Å². The molecule has 0 aliphatic carbocycles. The summed E-state index contributed by atoms with van der Waals surface area (Å²) in [5.41, 5.74) is 1.44. The highest BCUT2D eigenvalue weighted by molar-refractivity contribution is 9.10. The summed E-state index contributed by atoms with van der Waals surface area (Å²) >= 11 is 3.36. The zero-order valence-corrected chi connectivity index (χ0v) is 14.2. The van der Waals surface area contributed by atoms with Gasteiger partial charge in [0, 0.05) is 37.8 Å². The highest BCUT2D eigenvalue weighted by Crippen LogP contribution is 2.38. The van der Waals surface area contributed by atoms with Crippen LogP contribution in [0.4, 0.5) is 0 Å². The first-order chi connectivity index (χ1) is 10.0. The van der Waals surface area contributed by atoms with Crippen LogP contribution in [0.25, 0.3) is 0 Å². The van der Waals surface area contributed by atoms with Crippen LogP contribution in [0.15, 0.2) is 16.6 Å². The van der Waals surface area contributed by atoms with Gasteiger partial charge in [0.25, 0.3) is 0 Å². The lowest BCUT2D eigenvalue weighted by Gasteiger charge is -2.36. The topological polar surface area (TPSA) is 59.3 Å². The maximum Gasteiger partial charge on any atom is 0.134 e. The van der Waals surface area contributed by atoms with Gasteiger partial charge < -0.3 is 10.4 Å². The Morgan fingerprint density at radius 1 is 1.38 bits per heavy atom. The number of benzene rings is 1. The van der Waals surface area contributed by atoms with E-state index < -0.39 is 0 Å². The van der Waals surface area contributed by atoms with Gasteiger partial charge >= 0.3 is 0 Å². The molecule has 4 nitrogen and oxygen atoms in total. The molecule has 1 aromatic rings. The molecule has 114 valence electrons. The summed E-state index contributed by atoms with van der Waals surface area (Å²) in [5.74, 6) is 0.784. The minimum Gasteiger partial charge on any atom is -0.506 e. The molecular formula is C16H22BrN3O. The first kappa shape index (κ1) is 16.3. The van der Waals surface area contributed by atoms with Gasteiger partial charge in [-0.2, -0.15) is 5.26 Å². The van der Waals surface area contributed by atoms with Gasteiger partial charge in [-0.1, -0.05) is 13.8 Å². The fraction of sp³-hybridized carbons (Fsp3) is 0.562. The number of hydrogen-bond acceptors (Lipinski definition) is 4. The van der Waals surface area contributed by atoms with Crippen molar-refractivity contribution >= 4 is 15.9 Å². The van der Waals surface area contributed by atoms with E-state index in [1.165, 1.54) is 0 Å². The molecule has 1 fully saturated rings. The van der Waals surface area contributed by atoms with Crippen molar-refractivity contribution in [2.24, 2.45) is 5.92 Å². The number of rotatable bonds is 4. The molecule has 1 aromatic carbocycles. The van der Waals surface area contributed by atoms with Crippen molar-refractivity contribution in [1.29, 1.82) is 5.26 Å². The number of hydrogen-bond donors (Lipinski definition) is 2. The van der Waals surface area contributed by atoms with Crippen LogP contribution in [0.2, 0.25) is 0 Å². The molecule has 0 saturated carbocycles. The van der Waals surface area contributed by atoms with E-state index in [4.69, 9.17) is 0 Å². The van der Waals surface area contributed by atoms with Crippen LogP contribution in [-0.4, -0.2) is 36.2 Å². The summed E-state index contributed by atoms with van der Waals surface area (Å²) < 4.78 is 0.598. The average Bonchev–Trinajstić information content (AvgIpc) is 2.48. The summed E-state index contributed by atoms with van der Waals surface area (Å²) in [7, 11) is 0. The lowest BCUT2D eigenvalue weighted by Crippen LogP contribution is -2.45. The largest absolute Gasteiger partial charge is 0.506 e. The molecule has 2 rings (SSSR count). The number of nitriles is 1. The molecule has 21 heavy (non-hydrogen) atoms. The Hall–Kier alpha value is -1.09. The van der Waals surface area contributed by atoms with Crippen LogP contribution in [0.3, 0.4) is 0 Å². The van der Waals surface area contributed by atoms with Crippen molar-refractivity contribution in [3.8, 4) is 11.8 Å². The van der Waals surface area contributed by atoms with Gasteiger partial charge in [0.2, 0.25) is 0 Å². The summed E-state index contributed by atoms with van der Waals surface area (Å²) in [5, 5.41) is 23.0. The second-order valence-corrected chi connectivity index (χ2v) is 6.79. The molecular weight excluding hydrogens is 330 g/mol. The normalized spacial score (nSPS) is 17.7. The van der Waals surface area contributed by atoms with Crippen molar-refractivity contribution < 1.29 is 5.11 Å². The third-order valence-electron chi connectivity index (χ3n) is 3.87. The van der Waals surface area contributed by atoms with E-state index in [0.717, 1.165) is 38.2 Å². The minimum absolute atomic E-state index is 0.150. The molecule has 1 atom stereocenters. The van der Waals surface area contributed by atoms with Crippen LogP contribution in [0.5, 0.6) is 5.75 Å². The smallest absolute Gasteiger partial charge is 0.134 e. The number of halogens is 1. The van der Waals surface area contributed by atoms with Crippen molar-refractivity contribution in [3.05, 3.63) is 27.7 Å². The van der Waals surface area contributed by atoms with Crippen LogP contribution in [0.1, 0.15) is 37.4 Å². The standard InChI is InChI=1S/C16H22BrN3O/c1-11(2)7-15(20-5-3-19-4-6-20)13-8-12(10-18)9-14(17)16(13)21/h8-9,11,15,19,21H,3-7H2,1-2H3/t15-/m0/s1. The number of nitrogens with zero attached hydrogens (tertiary/aromatic N) is 2. The van der Waals surface area contributed by atoms with E-state index in [2.05, 4.69) is 46.1 Å². The Kier molecular flexibility index (Phi) is 5.63. The van der Waals surface area contributed by atoms with Crippen molar-refractivity contribution in [1.82, 2.24) is 10.2 Å². The van der Waals surface area contributed by atoms with Crippen molar-refractivity contribution in [2.45, 2.75) is 26.3 Å². The summed E-state index contributed by atoms with van der Waals surface area (Å²) in [6.07, 6.45) is 0.967. The van der Waals surface area contributed by atoms with Gasteiger partial charge in [-0.3, -0.25) is 4.90 Å². The van der Waals surface area contributed by atoms with Crippen LogP contribution >= 0.6 is 15.9 Å². The SMILES string of the molecule is CC(C)C[C@@H](c1cc(C#N)cc(Br)c1O)N1CCNCC1. The van der Waals surface area contributed by atoms with E-state index in [-0.39, 0.29) is 11.8 Å². The summed E-state index contributed by atoms with van der Waals surface area (Å²) in [6, 6.07) is 5.82. The second-order valence-electron chi connectivity index (χ2n) is 5.94. The highest BCUT2D eigenvalue weighted by atomic mass is 79.9. The molecule has 0 aromatic heterocycles. The minimum atomic E-state index is 0.150. The number of aromatic hydroxyl groups is 1. The van der Waals surface area contributed by atoms with Crippen molar-refractivity contribution in [2.75, 3.05) is 26.2 Å². The summed E-state index contributed by atoms with van der Waals surface area (Å²) in [6.45, 7) is 8.24. The molecule has 0 unspecified atom stereocenters. The maximum atomic E-state index is 10.4. The molecule has 0 radical (unpaired) electrons. The van der Waals surface area contributed by atoms with Gasteiger partial charge in [0.15, 0.2) is 0 Å². The van der Waals surface area contributed by atoms with Gasteiger partial charge in [-0.25, -0.2) is 0 Å². The monoisotopic (exact) mass is 351 g/mol. The predicted octanol–water partition coefficient (Wildman–Crippen LogP) is 3.02. The number of phenolic OH excluding ortho intramolecular Hbond substituents is 1. The molecule has 2 N–H and O–H groups in total. The van der Waals surface area contributed by atoms with Gasteiger partial charge in [0.05, 0.1) is 16.1 Å². The zero-order chi connectivity index (χ0) is 15.4. The van der Waals surface area contributed by atoms with Gasteiger partial charge in [-0.05, 0) is 40.4 Å². The van der Waals surface area contributed by atoms with E-state index in [9.17, 15) is 10.4 Å². The zero-order valence-electron chi connectivity index (χ0n) is 12.6. The molecule has 5 heteroatoms. The number of piperazine rings is 1. The fourth-order valence-electron chi connectivity index (χ4n) is 2.85. The quantitative estimate of drug-likeness (QED) is 0.875. The number of phenols is 1. The van der Waals surface area contributed by atoms with Crippen LogP contribution in [-0.2, 0) is 0 Å². The molecule has 0 amide bonds. The third kappa shape index (κ3) is 3.97. The first-order valence-corrected chi connectivity index (χ1v) is 8.19. The molecule has 0 spiro atoms. The second kappa shape index (κ2) is 7.26. The van der Waals surface area contributed by atoms with E-state index in [1.807, 2.05) is 6.07 Å². The first-order valence-electron chi connectivity index (χ1n) is 7.40. The van der Waals surface area contributed by atoms with E-state index in [0.29, 0.717) is 16.0 Å². The number of nitrogens with one attached hydrogen (secondary N) is 1. The van der Waals surface area contributed by atoms with Gasteiger partial charge in [0.1, 0.15) is 5.75 Å². The lowest BCUT2D eigenvalue weighted by molar-refractivity contribution is 0.151.